The van der Waals surface area contributed by atoms with Crippen LogP contribution in [0.3, 0.4) is 0 Å². The van der Waals surface area contributed by atoms with Gasteiger partial charge in [0.1, 0.15) is 5.54 Å². The number of aliphatic hydroxyl groups is 1. The van der Waals surface area contributed by atoms with Crippen molar-refractivity contribution in [3.63, 3.8) is 0 Å². The van der Waals surface area contributed by atoms with Crippen LogP contribution in [-0.2, 0) is 9.53 Å². The molecule has 0 saturated carbocycles. The van der Waals surface area contributed by atoms with E-state index in [-0.39, 0.29) is 18.4 Å². The average molecular weight is 297 g/mol. The number of hydrogen-bond acceptors (Lipinski definition) is 5. The highest BCUT2D eigenvalue weighted by atomic mass is 16.5. The van der Waals surface area contributed by atoms with E-state index in [2.05, 4.69) is 11.4 Å². The minimum absolute atomic E-state index is 0.0413. The molecule has 1 heterocycles. The molecule has 2 N–H and O–H groups in total. The monoisotopic (exact) mass is 297 g/mol. The summed E-state index contributed by atoms with van der Waals surface area (Å²) >= 11 is 0. The lowest BCUT2D eigenvalue weighted by atomic mass is 9.90. The first kappa shape index (κ1) is 17.9. The van der Waals surface area contributed by atoms with Crippen LogP contribution in [0.4, 0.5) is 0 Å². The third-order valence-corrected chi connectivity index (χ3v) is 4.35. The van der Waals surface area contributed by atoms with Gasteiger partial charge >= 0.3 is 0 Å². The Labute approximate surface area is 127 Å². The van der Waals surface area contributed by atoms with Gasteiger partial charge in [-0.2, -0.15) is 5.26 Å². The molecule has 0 aromatic heterocycles. The Hall–Kier alpha value is -1.16. The predicted octanol–water partition coefficient (Wildman–Crippen LogP) is 0.514. The van der Waals surface area contributed by atoms with Crippen LogP contribution in [0.15, 0.2) is 0 Å². The van der Waals surface area contributed by atoms with Gasteiger partial charge in [0.25, 0.3) is 0 Å². The number of methoxy groups -OCH3 is 1. The molecule has 1 rings (SSSR count). The van der Waals surface area contributed by atoms with E-state index in [1.54, 1.807) is 14.0 Å². The van der Waals surface area contributed by atoms with E-state index in [4.69, 9.17) is 4.74 Å². The second kappa shape index (κ2) is 7.21. The number of likely N-dealkylation sites (tertiary alicyclic amines) is 1. The Balaban J connectivity index is 2.46. The van der Waals surface area contributed by atoms with E-state index in [1.807, 2.05) is 18.7 Å². The van der Waals surface area contributed by atoms with Crippen molar-refractivity contribution in [3.8, 4) is 6.07 Å². The van der Waals surface area contributed by atoms with Crippen molar-refractivity contribution >= 4 is 5.91 Å². The van der Waals surface area contributed by atoms with Crippen LogP contribution in [0, 0.1) is 17.2 Å². The Kier molecular flexibility index (Phi) is 6.14. The maximum Gasteiger partial charge on any atom is 0.235 e. The highest BCUT2D eigenvalue weighted by Crippen LogP contribution is 2.22. The molecule has 6 heteroatoms. The maximum absolute atomic E-state index is 12.1. The third-order valence-electron chi connectivity index (χ3n) is 4.35. The SMILES string of the molecule is COCC1(O)CCN(CC(=O)NC(C)(C#N)C(C)C)CC1. The van der Waals surface area contributed by atoms with Gasteiger partial charge in [0.05, 0.1) is 24.8 Å². The molecule has 1 unspecified atom stereocenters. The molecule has 0 aromatic rings. The first-order valence-electron chi connectivity index (χ1n) is 7.40. The summed E-state index contributed by atoms with van der Waals surface area (Å²) in [6, 6.07) is 2.17. The second-order valence-electron chi connectivity index (χ2n) is 6.45. The number of nitrogens with one attached hydrogen (secondary N) is 1. The molecule has 0 aliphatic carbocycles. The molecule has 1 amide bonds. The van der Waals surface area contributed by atoms with E-state index >= 15 is 0 Å². The number of hydrogen-bond donors (Lipinski definition) is 2. The molecule has 0 bridgehead atoms. The molecule has 21 heavy (non-hydrogen) atoms. The Bertz CT molecular complexity index is 397. The summed E-state index contributed by atoms with van der Waals surface area (Å²) in [4.78, 5) is 14.1. The van der Waals surface area contributed by atoms with Crippen molar-refractivity contribution in [1.82, 2.24) is 10.2 Å². The number of nitrogens with zero attached hydrogens (tertiary/aromatic N) is 2. The first-order chi connectivity index (χ1) is 9.74. The molecular formula is C15H27N3O3. The van der Waals surface area contributed by atoms with E-state index in [9.17, 15) is 15.2 Å². The molecule has 0 radical (unpaired) electrons. The quantitative estimate of drug-likeness (QED) is 0.746. The van der Waals surface area contributed by atoms with Gasteiger partial charge in [0.2, 0.25) is 5.91 Å². The van der Waals surface area contributed by atoms with Gasteiger partial charge in [0, 0.05) is 20.2 Å². The number of carbonyl (C=O) groups is 1. The summed E-state index contributed by atoms with van der Waals surface area (Å²) in [6.45, 7) is 7.45. The predicted molar refractivity (Wildman–Crippen MR) is 79.5 cm³/mol. The summed E-state index contributed by atoms with van der Waals surface area (Å²) in [5, 5.41) is 22.2. The standard InChI is InChI=1S/C15H27N3O3/c1-12(2)14(3,10-16)17-13(19)9-18-7-5-15(20,6-8-18)11-21-4/h12,20H,5-9,11H2,1-4H3,(H,17,19). The molecule has 1 aliphatic rings. The number of carbonyl (C=O) groups excluding carboxylic acids is 1. The minimum Gasteiger partial charge on any atom is -0.387 e. The highest BCUT2D eigenvalue weighted by Gasteiger charge is 2.34. The Morgan fingerprint density at radius 1 is 1.52 bits per heavy atom. The molecular weight excluding hydrogens is 270 g/mol. The topological polar surface area (TPSA) is 85.6 Å². The molecule has 0 spiro atoms. The molecule has 6 nitrogen and oxygen atoms in total. The average Bonchev–Trinajstić information content (AvgIpc) is 2.41. The molecule has 1 atom stereocenters. The molecule has 1 aliphatic heterocycles. The Morgan fingerprint density at radius 2 is 2.10 bits per heavy atom. The van der Waals surface area contributed by atoms with E-state index in [0.29, 0.717) is 32.5 Å². The van der Waals surface area contributed by atoms with Crippen molar-refractivity contribution in [2.24, 2.45) is 5.92 Å². The largest absolute Gasteiger partial charge is 0.387 e. The van der Waals surface area contributed by atoms with Crippen LogP contribution in [0.2, 0.25) is 0 Å². The van der Waals surface area contributed by atoms with Crippen LogP contribution in [0.25, 0.3) is 0 Å². The van der Waals surface area contributed by atoms with Gasteiger partial charge in [-0.25, -0.2) is 0 Å². The van der Waals surface area contributed by atoms with Crippen LogP contribution < -0.4 is 5.32 Å². The lowest BCUT2D eigenvalue weighted by Crippen LogP contribution is -2.54. The third kappa shape index (κ3) is 4.95. The number of ether oxygens (including phenoxy) is 1. The van der Waals surface area contributed by atoms with Crippen LogP contribution in [0.5, 0.6) is 0 Å². The molecule has 0 aromatic carbocycles. The minimum atomic E-state index is -0.844. The van der Waals surface area contributed by atoms with Crippen LogP contribution in [-0.4, -0.2) is 60.4 Å². The highest BCUT2D eigenvalue weighted by molar-refractivity contribution is 5.79. The van der Waals surface area contributed by atoms with Gasteiger partial charge in [-0.05, 0) is 25.7 Å². The Morgan fingerprint density at radius 3 is 2.52 bits per heavy atom. The normalized spacial score (nSPS) is 21.6. The van der Waals surface area contributed by atoms with Crippen LogP contribution >= 0.6 is 0 Å². The number of nitriles is 1. The summed E-state index contributed by atoms with van der Waals surface area (Å²) < 4.78 is 5.02. The summed E-state index contributed by atoms with van der Waals surface area (Å²) in [7, 11) is 1.58. The smallest absolute Gasteiger partial charge is 0.235 e. The van der Waals surface area contributed by atoms with Crippen LogP contribution in [0.1, 0.15) is 33.6 Å². The lowest BCUT2D eigenvalue weighted by Gasteiger charge is -2.37. The molecule has 1 saturated heterocycles. The maximum atomic E-state index is 12.1. The zero-order valence-corrected chi connectivity index (χ0v) is 13.5. The fraction of sp³-hybridized carbons (Fsp3) is 0.867. The summed E-state index contributed by atoms with van der Waals surface area (Å²) in [6.07, 6.45) is 1.18. The molecule has 120 valence electrons. The lowest BCUT2D eigenvalue weighted by molar-refractivity contribution is -0.126. The van der Waals surface area contributed by atoms with Gasteiger partial charge in [-0.15, -0.1) is 0 Å². The van der Waals surface area contributed by atoms with Gasteiger partial charge in [-0.3, -0.25) is 9.69 Å². The van der Waals surface area contributed by atoms with Crippen molar-refractivity contribution in [3.05, 3.63) is 0 Å². The fourth-order valence-corrected chi connectivity index (χ4v) is 2.37. The van der Waals surface area contributed by atoms with Gasteiger partial charge in [0.15, 0.2) is 0 Å². The van der Waals surface area contributed by atoms with Crippen molar-refractivity contribution < 1.29 is 14.6 Å². The number of rotatable bonds is 6. The van der Waals surface area contributed by atoms with Gasteiger partial charge < -0.3 is 15.2 Å². The van der Waals surface area contributed by atoms with E-state index in [0.717, 1.165) is 0 Å². The van der Waals surface area contributed by atoms with Crippen molar-refractivity contribution in [1.29, 1.82) is 5.26 Å². The second-order valence-corrected chi connectivity index (χ2v) is 6.45. The van der Waals surface area contributed by atoms with Crippen molar-refractivity contribution in [2.75, 3.05) is 33.4 Å². The zero-order chi connectivity index (χ0) is 16.1. The summed E-state index contributed by atoms with van der Waals surface area (Å²) in [5.41, 5.74) is -1.62. The first-order valence-corrected chi connectivity index (χ1v) is 7.40. The van der Waals surface area contributed by atoms with E-state index in [1.165, 1.54) is 0 Å². The summed E-state index contributed by atoms with van der Waals surface area (Å²) in [5.74, 6) is -0.107. The molecule has 1 fully saturated rings. The number of piperidine rings is 1. The van der Waals surface area contributed by atoms with Gasteiger partial charge in [-0.1, -0.05) is 13.8 Å². The van der Waals surface area contributed by atoms with E-state index < -0.39 is 11.1 Å². The fourth-order valence-electron chi connectivity index (χ4n) is 2.37. The van der Waals surface area contributed by atoms with Crippen molar-refractivity contribution in [2.45, 2.75) is 44.8 Å². The number of amides is 1. The zero-order valence-electron chi connectivity index (χ0n) is 13.5.